The van der Waals surface area contributed by atoms with Crippen LogP contribution in [0, 0.1) is 0 Å². The van der Waals surface area contributed by atoms with Crippen LogP contribution in [0.1, 0.15) is 64.2 Å². The molecule has 0 spiro atoms. The largest absolute Gasteiger partial charge is 0.507 e. The Morgan fingerprint density at radius 2 is 1.52 bits per heavy atom. The number of phenols is 1. The zero-order chi connectivity index (χ0) is 16.6. The summed E-state index contributed by atoms with van der Waals surface area (Å²) in [6, 6.07) is 3.76. The molecule has 0 aliphatic carbocycles. The minimum Gasteiger partial charge on any atom is -0.507 e. The molecule has 1 aromatic carbocycles. The van der Waals surface area contributed by atoms with Crippen LogP contribution in [0.25, 0.3) is 0 Å². The number of hydrogen-bond acceptors (Lipinski definition) is 3. The zero-order valence-corrected chi connectivity index (χ0v) is 15.3. The molecule has 21 heavy (non-hydrogen) atoms. The monoisotopic (exact) mass is 328 g/mol. The van der Waals surface area contributed by atoms with E-state index in [-0.39, 0.29) is 10.8 Å². The minimum absolute atomic E-state index is 0.226. The molecule has 0 amide bonds. The van der Waals surface area contributed by atoms with Gasteiger partial charge in [-0.1, -0.05) is 53.7 Å². The fourth-order valence-electron chi connectivity index (χ4n) is 2.31. The van der Waals surface area contributed by atoms with Crippen molar-refractivity contribution >= 4 is 29.5 Å². The molecule has 0 aliphatic heterocycles. The van der Waals surface area contributed by atoms with Crippen molar-refractivity contribution in [3.63, 3.8) is 0 Å². The van der Waals surface area contributed by atoms with Gasteiger partial charge in [-0.2, -0.15) is 12.6 Å². The van der Waals surface area contributed by atoms with Gasteiger partial charge in [0.05, 0.1) is 5.92 Å². The maximum absolute atomic E-state index is 11.6. The van der Waals surface area contributed by atoms with Crippen LogP contribution in [0.4, 0.5) is 0 Å². The van der Waals surface area contributed by atoms with Gasteiger partial charge in [0.15, 0.2) is 0 Å². The highest BCUT2D eigenvalue weighted by atomic mass is 35.5. The topological polar surface area (TPSA) is 37.3 Å². The molecule has 4 heteroatoms. The highest BCUT2D eigenvalue weighted by molar-refractivity contribution is 7.80. The maximum atomic E-state index is 11.6. The van der Waals surface area contributed by atoms with E-state index in [0.29, 0.717) is 11.5 Å². The van der Waals surface area contributed by atoms with Crippen molar-refractivity contribution < 1.29 is 9.90 Å². The Morgan fingerprint density at radius 1 is 1.14 bits per heavy atom. The number of thiol groups is 1. The molecular formula is C17H25ClO2S. The van der Waals surface area contributed by atoms with Gasteiger partial charge in [0.1, 0.15) is 5.75 Å². The van der Waals surface area contributed by atoms with Gasteiger partial charge in [-0.05, 0) is 39.1 Å². The Balaban J connectivity index is 3.66. The lowest BCUT2D eigenvalue weighted by Gasteiger charge is -2.29. The number of benzene rings is 1. The molecule has 0 aliphatic rings. The number of carbonyl (C=O) groups is 1. The smallest absolute Gasteiger partial charge is 0.229 e. The van der Waals surface area contributed by atoms with Crippen LogP contribution in [0.5, 0.6) is 5.75 Å². The van der Waals surface area contributed by atoms with Crippen molar-refractivity contribution in [1.82, 2.24) is 0 Å². The summed E-state index contributed by atoms with van der Waals surface area (Å²) in [6.07, 6.45) is 0. The summed E-state index contributed by atoms with van der Waals surface area (Å²) in [5.41, 5.74) is 2.02. The van der Waals surface area contributed by atoms with E-state index in [0.717, 1.165) is 16.7 Å². The summed E-state index contributed by atoms with van der Waals surface area (Å²) in [5.74, 6) is 0.191. The molecule has 0 fully saturated rings. The molecule has 2 nitrogen and oxygen atoms in total. The van der Waals surface area contributed by atoms with Crippen LogP contribution in [0.15, 0.2) is 12.1 Å². The quantitative estimate of drug-likeness (QED) is 0.619. The summed E-state index contributed by atoms with van der Waals surface area (Å²) < 4.78 is 0. The standard InChI is InChI=1S/C17H25ClO2S/c1-16(2,3)12-7-10(11(9-21)15(18)20)8-13(14(12)19)17(4,5)6/h7-8,11,19,21H,9H2,1-6H3/t11-/m0/s1. The minimum atomic E-state index is -0.460. The zero-order valence-electron chi connectivity index (χ0n) is 13.6. The summed E-state index contributed by atoms with van der Waals surface area (Å²) in [4.78, 5) is 11.6. The van der Waals surface area contributed by atoms with Gasteiger partial charge < -0.3 is 5.11 Å². The molecule has 0 aromatic heterocycles. The second-order valence-corrected chi connectivity index (χ2v) is 8.24. The van der Waals surface area contributed by atoms with Crippen molar-refractivity contribution in [3.05, 3.63) is 28.8 Å². The number of rotatable bonds is 3. The van der Waals surface area contributed by atoms with Gasteiger partial charge in [-0.15, -0.1) is 0 Å². The summed E-state index contributed by atoms with van der Waals surface area (Å²) in [6.45, 7) is 12.2. The number of aromatic hydroxyl groups is 1. The fourth-order valence-corrected chi connectivity index (χ4v) is 3.00. The Kier molecular flexibility index (Phi) is 5.44. The molecule has 1 aromatic rings. The van der Waals surface area contributed by atoms with Gasteiger partial charge in [0.25, 0.3) is 0 Å². The normalized spacial score (nSPS) is 14.1. The lowest BCUT2D eigenvalue weighted by Crippen LogP contribution is -2.19. The molecule has 0 radical (unpaired) electrons. The van der Waals surface area contributed by atoms with Crippen molar-refractivity contribution in [2.24, 2.45) is 0 Å². The number of carbonyl (C=O) groups excluding carboxylic acids is 1. The van der Waals surface area contributed by atoms with E-state index < -0.39 is 11.2 Å². The Bertz CT molecular complexity index is 504. The lowest BCUT2D eigenvalue weighted by molar-refractivity contribution is -0.112. The molecular weight excluding hydrogens is 304 g/mol. The predicted molar refractivity (Wildman–Crippen MR) is 93.0 cm³/mol. The van der Waals surface area contributed by atoms with E-state index in [1.165, 1.54) is 0 Å². The van der Waals surface area contributed by atoms with Gasteiger partial charge in [-0.25, -0.2) is 0 Å². The van der Waals surface area contributed by atoms with Gasteiger partial charge in [0.2, 0.25) is 5.24 Å². The molecule has 118 valence electrons. The average molecular weight is 329 g/mol. The first-order valence-corrected chi connectivity index (χ1v) is 8.08. The van der Waals surface area contributed by atoms with E-state index in [9.17, 15) is 9.90 Å². The Hall–Kier alpha value is -0.670. The number of hydrogen-bond donors (Lipinski definition) is 2. The second kappa shape index (κ2) is 6.21. The van der Waals surface area contributed by atoms with Crippen LogP contribution in [-0.4, -0.2) is 16.1 Å². The summed E-state index contributed by atoms with van der Waals surface area (Å²) in [5, 5.41) is 10.2. The first kappa shape index (κ1) is 18.4. The Labute approximate surface area is 138 Å². The molecule has 0 bridgehead atoms. The van der Waals surface area contributed by atoms with Crippen molar-refractivity contribution in [2.75, 3.05) is 5.75 Å². The van der Waals surface area contributed by atoms with Gasteiger partial charge >= 0.3 is 0 Å². The van der Waals surface area contributed by atoms with Crippen LogP contribution in [-0.2, 0) is 15.6 Å². The number of phenolic OH excluding ortho intramolecular Hbond substituents is 1. The van der Waals surface area contributed by atoms with Gasteiger partial charge in [0, 0.05) is 5.75 Å². The predicted octanol–water partition coefficient (Wildman–Crippen LogP) is 4.77. The lowest BCUT2D eigenvalue weighted by atomic mass is 9.77. The van der Waals surface area contributed by atoms with Gasteiger partial charge in [-0.3, -0.25) is 4.79 Å². The average Bonchev–Trinajstić information content (AvgIpc) is 2.28. The van der Waals surface area contributed by atoms with E-state index in [2.05, 4.69) is 12.6 Å². The third kappa shape index (κ3) is 4.17. The summed E-state index contributed by atoms with van der Waals surface area (Å²) >= 11 is 9.94. The third-order valence-electron chi connectivity index (χ3n) is 3.61. The molecule has 0 unspecified atom stereocenters. The van der Waals surface area contributed by atoms with E-state index in [4.69, 9.17) is 11.6 Å². The van der Waals surface area contributed by atoms with E-state index >= 15 is 0 Å². The molecule has 0 saturated carbocycles. The van der Waals surface area contributed by atoms with E-state index in [1.807, 2.05) is 53.7 Å². The van der Waals surface area contributed by atoms with Crippen molar-refractivity contribution in [3.8, 4) is 5.75 Å². The first-order chi connectivity index (χ1) is 9.39. The third-order valence-corrected chi connectivity index (χ3v) is 4.24. The highest BCUT2D eigenvalue weighted by Crippen LogP contribution is 2.41. The fraction of sp³-hybridized carbons (Fsp3) is 0.588. The first-order valence-electron chi connectivity index (χ1n) is 7.07. The highest BCUT2D eigenvalue weighted by Gasteiger charge is 2.29. The molecule has 1 atom stereocenters. The van der Waals surface area contributed by atoms with Crippen LogP contribution in [0.3, 0.4) is 0 Å². The van der Waals surface area contributed by atoms with Crippen LogP contribution < -0.4 is 0 Å². The van der Waals surface area contributed by atoms with Crippen LogP contribution in [0.2, 0.25) is 0 Å². The van der Waals surface area contributed by atoms with E-state index in [1.54, 1.807) is 0 Å². The maximum Gasteiger partial charge on any atom is 0.229 e. The van der Waals surface area contributed by atoms with Crippen molar-refractivity contribution in [1.29, 1.82) is 0 Å². The summed E-state index contributed by atoms with van der Waals surface area (Å²) in [7, 11) is 0. The molecule has 0 saturated heterocycles. The van der Waals surface area contributed by atoms with Crippen LogP contribution >= 0.6 is 24.2 Å². The Morgan fingerprint density at radius 3 is 1.76 bits per heavy atom. The SMILES string of the molecule is CC(C)(C)c1cc([C@H](CS)C(=O)Cl)cc(C(C)(C)C)c1O. The molecule has 0 heterocycles. The molecule has 1 N–H and O–H groups in total. The van der Waals surface area contributed by atoms with Crippen molar-refractivity contribution in [2.45, 2.75) is 58.3 Å². The second-order valence-electron chi connectivity index (χ2n) is 7.50. The molecule has 1 rings (SSSR count). The number of halogens is 1.